The third kappa shape index (κ3) is 5.83. The van der Waals surface area contributed by atoms with E-state index in [1.54, 1.807) is 0 Å². The molecule has 0 bridgehead atoms. The monoisotopic (exact) mass is 321 g/mol. The molecule has 7 heteroatoms. The summed E-state index contributed by atoms with van der Waals surface area (Å²) in [5.74, 6) is 0. The number of aliphatic hydroxyl groups excluding tert-OH is 1. The molecule has 0 saturated carbocycles. The molecule has 1 rings (SSSR count). The first-order valence-corrected chi connectivity index (χ1v) is 9.50. The molecule has 0 aliphatic carbocycles. The second-order valence-electron chi connectivity index (χ2n) is 6.77. The second kappa shape index (κ2) is 7.37. The fourth-order valence-corrected chi connectivity index (χ4v) is 3.95. The van der Waals surface area contributed by atoms with Crippen molar-refractivity contribution in [2.45, 2.75) is 51.7 Å². The van der Waals surface area contributed by atoms with Crippen molar-refractivity contribution in [2.24, 2.45) is 0 Å². The van der Waals surface area contributed by atoms with Gasteiger partial charge in [-0.25, -0.2) is 8.42 Å². The molecule has 0 aromatic heterocycles. The number of hydrogen-bond acceptors (Lipinski definition) is 5. The van der Waals surface area contributed by atoms with Gasteiger partial charge in [-0.05, 0) is 20.3 Å². The summed E-state index contributed by atoms with van der Waals surface area (Å²) in [5, 5.41) is 13.1. The number of sulfonamides is 1. The van der Waals surface area contributed by atoms with Crippen LogP contribution < -0.4 is 5.32 Å². The summed E-state index contributed by atoms with van der Waals surface area (Å²) in [6.45, 7) is 11.0. The molecule has 2 N–H and O–H groups in total. The summed E-state index contributed by atoms with van der Waals surface area (Å²) >= 11 is 0. The lowest BCUT2D eigenvalue weighted by molar-refractivity contribution is 0.0891. The van der Waals surface area contributed by atoms with Gasteiger partial charge in [-0.1, -0.05) is 13.8 Å². The van der Waals surface area contributed by atoms with Crippen molar-refractivity contribution in [3.63, 3.8) is 0 Å². The highest BCUT2D eigenvalue weighted by molar-refractivity contribution is 7.88. The average molecular weight is 321 g/mol. The Morgan fingerprint density at radius 3 is 2.10 bits per heavy atom. The van der Waals surface area contributed by atoms with Crippen molar-refractivity contribution < 1.29 is 13.5 Å². The van der Waals surface area contributed by atoms with Crippen LogP contribution in [0.3, 0.4) is 0 Å². The van der Waals surface area contributed by atoms with Crippen molar-refractivity contribution in [3.05, 3.63) is 0 Å². The van der Waals surface area contributed by atoms with E-state index in [0.717, 1.165) is 19.5 Å². The molecule has 1 heterocycles. The van der Waals surface area contributed by atoms with Crippen LogP contribution >= 0.6 is 0 Å². The lowest BCUT2D eigenvalue weighted by atomic mass is 9.92. The molecular weight excluding hydrogens is 290 g/mol. The van der Waals surface area contributed by atoms with E-state index >= 15 is 0 Å². The van der Waals surface area contributed by atoms with Gasteiger partial charge in [-0.15, -0.1) is 0 Å². The molecule has 0 amide bonds. The summed E-state index contributed by atoms with van der Waals surface area (Å²) in [5.41, 5.74) is -0.304. The van der Waals surface area contributed by atoms with Crippen LogP contribution in [0.2, 0.25) is 0 Å². The van der Waals surface area contributed by atoms with Gasteiger partial charge < -0.3 is 10.4 Å². The predicted molar refractivity (Wildman–Crippen MR) is 85.8 cm³/mol. The average Bonchev–Trinajstić information content (AvgIpc) is 2.36. The lowest BCUT2D eigenvalue weighted by Crippen LogP contribution is -2.56. The first-order chi connectivity index (χ1) is 9.57. The Labute approximate surface area is 129 Å². The number of rotatable bonds is 7. The van der Waals surface area contributed by atoms with Gasteiger partial charge in [0.1, 0.15) is 0 Å². The summed E-state index contributed by atoms with van der Waals surface area (Å²) in [6.07, 6.45) is 2.10. The van der Waals surface area contributed by atoms with Crippen molar-refractivity contribution in [3.8, 4) is 0 Å². The van der Waals surface area contributed by atoms with Crippen LogP contribution in [0, 0.1) is 0 Å². The van der Waals surface area contributed by atoms with E-state index in [-0.39, 0.29) is 12.1 Å². The van der Waals surface area contributed by atoms with Gasteiger partial charge >= 0.3 is 0 Å². The standard InChI is InChI=1S/C14H31N3O3S/c1-12(2)15-14(4,11-18)10-13(3)16-6-8-17(9-7-16)21(5,19)20/h12-13,15,18H,6-11H2,1-5H3. The molecule has 2 unspecified atom stereocenters. The predicted octanol–water partition coefficient (Wildman–Crippen LogP) is 0.0912. The molecule has 0 spiro atoms. The summed E-state index contributed by atoms with van der Waals surface area (Å²) in [6, 6.07) is 0.617. The topological polar surface area (TPSA) is 72.9 Å². The van der Waals surface area contributed by atoms with E-state index in [1.807, 2.05) is 6.92 Å². The van der Waals surface area contributed by atoms with Crippen LogP contribution in [0.25, 0.3) is 0 Å². The van der Waals surface area contributed by atoms with E-state index < -0.39 is 10.0 Å². The molecule has 2 atom stereocenters. The van der Waals surface area contributed by atoms with Gasteiger partial charge in [-0.3, -0.25) is 4.90 Å². The largest absolute Gasteiger partial charge is 0.394 e. The fourth-order valence-electron chi connectivity index (χ4n) is 3.12. The van der Waals surface area contributed by atoms with Crippen LogP contribution in [0.5, 0.6) is 0 Å². The van der Waals surface area contributed by atoms with E-state index in [2.05, 4.69) is 31.0 Å². The lowest BCUT2D eigenvalue weighted by Gasteiger charge is -2.41. The minimum atomic E-state index is -3.08. The third-order valence-corrected chi connectivity index (χ3v) is 5.40. The Morgan fingerprint density at radius 1 is 1.19 bits per heavy atom. The van der Waals surface area contributed by atoms with Crippen LogP contribution in [0.15, 0.2) is 0 Å². The molecule has 0 aromatic carbocycles. The highest BCUT2D eigenvalue weighted by Crippen LogP contribution is 2.19. The number of aliphatic hydroxyl groups is 1. The molecule has 6 nitrogen and oxygen atoms in total. The maximum Gasteiger partial charge on any atom is 0.211 e. The number of nitrogens with zero attached hydrogens (tertiary/aromatic N) is 2. The van der Waals surface area contributed by atoms with E-state index in [9.17, 15) is 13.5 Å². The zero-order valence-electron chi connectivity index (χ0n) is 14.0. The Morgan fingerprint density at radius 2 is 1.71 bits per heavy atom. The molecule has 1 aliphatic rings. The Balaban J connectivity index is 2.55. The van der Waals surface area contributed by atoms with Gasteiger partial charge in [0.15, 0.2) is 0 Å². The molecule has 1 aliphatic heterocycles. The van der Waals surface area contributed by atoms with Crippen molar-refractivity contribution in [2.75, 3.05) is 39.0 Å². The first kappa shape index (κ1) is 18.8. The van der Waals surface area contributed by atoms with Gasteiger partial charge in [0.25, 0.3) is 0 Å². The Hall–Kier alpha value is -0.210. The van der Waals surface area contributed by atoms with Gasteiger partial charge in [-0.2, -0.15) is 4.31 Å². The molecule has 1 fully saturated rings. The summed E-state index contributed by atoms with van der Waals surface area (Å²) < 4.78 is 24.6. The molecular formula is C14H31N3O3S. The number of hydrogen-bond donors (Lipinski definition) is 2. The smallest absolute Gasteiger partial charge is 0.211 e. The summed E-state index contributed by atoms with van der Waals surface area (Å²) in [7, 11) is -3.08. The maximum atomic E-state index is 11.5. The molecule has 0 aromatic rings. The van der Waals surface area contributed by atoms with E-state index in [4.69, 9.17) is 0 Å². The van der Waals surface area contributed by atoms with Crippen molar-refractivity contribution >= 4 is 10.0 Å². The molecule has 1 saturated heterocycles. The van der Waals surface area contributed by atoms with Crippen molar-refractivity contribution in [1.82, 2.24) is 14.5 Å². The van der Waals surface area contributed by atoms with Crippen molar-refractivity contribution in [1.29, 1.82) is 0 Å². The minimum absolute atomic E-state index is 0.0961. The van der Waals surface area contributed by atoms with Crippen LogP contribution in [-0.2, 0) is 10.0 Å². The zero-order valence-corrected chi connectivity index (χ0v) is 14.8. The zero-order chi connectivity index (χ0) is 16.3. The van der Waals surface area contributed by atoms with Crippen LogP contribution in [0.4, 0.5) is 0 Å². The Kier molecular flexibility index (Phi) is 6.61. The van der Waals surface area contributed by atoms with E-state index in [0.29, 0.717) is 25.2 Å². The number of nitrogens with one attached hydrogen (secondary N) is 1. The number of piperazine rings is 1. The van der Waals surface area contributed by atoms with Gasteiger partial charge in [0, 0.05) is 43.8 Å². The molecule has 0 radical (unpaired) electrons. The quantitative estimate of drug-likeness (QED) is 0.695. The summed E-state index contributed by atoms with van der Waals surface area (Å²) in [4.78, 5) is 2.30. The van der Waals surface area contributed by atoms with Gasteiger partial charge in [0.05, 0.1) is 12.9 Å². The third-order valence-electron chi connectivity index (χ3n) is 4.10. The van der Waals surface area contributed by atoms with Gasteiger partial charge in [0.2, 0.25) is 10.0 Å². The van der Waals surface area contributed by atoms with Crippen LogP contribution in [-0.4, -0.2) is 79.4 Å². The Bertz CT molecular complexity index is 419. The highest BCUT2D eigenvalue weighted by Gasteiger charge is 2.31. The highest BCUT2D eigenvalue weighted by atomic mass is 32.2. The minimum Gasteiger partial charge on any atom is -0.394 e. The normalized spacial score (nSPS) is 23.2. The SMILES string of the molecule is CC(C)NC(C)(CO)CC(C)N1CCN(S(C)(=O)=O)CC1. The maximum absolute atomic E-state index is 11.5. The second-order valence-corrected chi connectivity index (χ2v) is 8.75. The molecule has 21 heavy (non-hydrogen) atoms. The first-order valence-electron chi connectivity index (χ1n) is 7.65. The van der Waals surface area contributed by atoms with Crippen LogP contribution in [0.1, 0.15) is 34.1 Å². The molecule has 126 valence electrons. The van der Waals surface area contributed by atoms with E-state index in [1.165, 1.54) is 10.6 Å². The fraction of sp³-hybridized carbons (Fsp3) is 1.00.